The maximum atomic E-state index is 13.9. The highest BCUT2D eigenvalue weighted by molar-refractivity contribution is 5.87. The summed E-state index contributed by atoms with van der Waals surface area (Å²) in [6, 6.07) is 10.6. The van der Waals surface area contributed by atoms with Crippen LogP contribution in [0.2, 0.25) is 0 Å². The summed E-state index contributed by atoms with van der Waals surface area (Å²) in [6.45, 7) is 6.18. The topological polar surface area (TPSA) is 87.3 Å². The number of carbonyl (C=O) groups is 2. The van der Waals surface area contributed by atoms with Gasteiger partial charge in [0.25, 0.3) is 0 Å². The van der Waals surface area contributed by atoms with Crippen molar-refractivity contribution >= 4 is 23.0 Å². The number of carbonyl (C=O) groups excluding carboxylic acids is 2. The molecule has 2 amide bonds. The molecule has 6 atom stereocenters. The smallest absolute Gasteiger partial charge is 0.407 e. The minimum atomic E-state index is -0.630. The first-order valence-electron chi connectivity index (χ1n) is 14.6. The van der Waals surface area contributed by atoms with Gasteiger partial charge in [0.05, 0.1) is 24.2 Å². The zero-order valence-electron chi connectivity index (χ0n) is 23.3. The number of ether oxygens (including phenoxy) is 1. The number of benzene rings is 2. The lowest BCUT2D eigenvalue weighted by molar-refractivity contribution is -0.139. The van der Waals surface area contributed by atoms with Crippen LogP contribution in [0.25, 0.3) is 22.2 Å². The molecule has 1 saturated heterocycles. The minimum Gasteiger partial charge on any atom is -0.453 e. The second kappa shape index (κ2) is 9.10. The zero-order chi connectivity index (χ0) is 27.0. The maximum absolute atomic E-state index is 13.9. The van der Waals surface area contributed by atoms with E-state index in [-0.39, 0.29) is 23.9 Å². The Morgan fingerprint density at radius 3 is 2.67 bits per heavy atom. The van der Waals surface area contributed by atoms with Crippen molar-refractivity contribution < 1.29 is 14.3 Å². The van der Waals surface area contributed by atoms with Crippen LogP contribution >= 0.6 is 0 Å². The summed E-state index contributed by atoms with van der Waals surface area (Å²) in [5, 5.41) is 2.78. The molecule has 204 valence electrons. The quantitative estimate of drug-likeness (QED) is 0.426. The number of fused-ring (bicyclic) bond motifs is 6. The molecule has 2 N–H and O–H groups in total. The molecular formula is C32H38N4O3. The average molecular weight is 527 g/mol. The van der Waals surface area contributed by atoms with E-state index in [1.54, 1.807) is 11.1 Å². The lowest BCUT2D eigenvalue weighted by Crippen LogP contribution is -2.54. The number of aryl methyl sites for hydroxylation is 1. The molecule has 3 fully saturated rings. The molecule has 7 rings (SSSR count). The van der Waals surface area contributed by atoms with Crippen molar-refractivity contribution in [3.63, 3.8) is 0 Å². The van der Waals surface area contributed by atoms with E-state index in [9.17, 15) is 9.59 Å². The van der Waals surface area contributed by atoms with Gasteiger partial charge in [-0.2, -0.15) is 0 Å². The summed E-state index contributed by atoms with van der Waals surface area (Å²) in [7, 11) is 1.33. The Bertz CT molecular complexity index is 1480. The molecule has 0 spiro atoms. The van der Waals surface area contributed by atoms with Crippen LogP contribution < -0.4 is 5.32 Å². The molecule has 2 unspecified atom stereocenters. The number of alkyl carbamates (subject to hydrolysis) is 1. The van der Waals surface area contributed by atoms with E-state index in [1.807, 2.05) is 18.7 Å². The van der Waals surface area contributed by atoms with E-state index < -0.39 is 12.1 Å². The lowest BCUT2D eigenvalue weighted by atomic mass is 9.73. The maximum Gasteiger partial charge on any atom is 0.407 e. The Hall–Kier alpha value is -3.35. The first-order chi connectivity index (χ1) is 18.8. The van der Waals surface area contributed by atoms with E-state index in [4.69, 9.17) is 9.72 Å². The van der Waals surface area contributed by atoms with Crippen molar-refractivity contribution in [3.8, 4) is 11.1 Å². The molecule has 7 heteroatoms. The Morgan fingerprint density at radius 1 is 1.10 bits per heavy atom. The fourth-order valence-corrected chi connectivity index (χ4v) is 8.10. The first-order valence-corrected chi connectivity index (χ1v) is 14.6. The number of piperidine rings is 1. The van der Waals surface area contributed by atoms with Gasteiger partial charge in [0.15, 0.2) is 0 Å². The van der Waals surface area contributed by atoms with Crippen LogP contribution in [0.5, 0.6) is 0 Å². The van der Waals surface area contributed by atoms with Crippen LogP contribution in [-0.4, -0.2) is 46.1 Å². The predicted octanol–water partition coefficient (Wildman–Crippen LogP) is 6.02. The highest BCUT2D eigenvalue weighted by Gasteiger charge is 2.51. The summed E-state index contributed by atoms with van der Waals surface area (Å²) in [5.74, 6) is 2.72. The third-order valence-electron chi connectivity index (χ3n) is 10.2. The summed E-state index contributed by atoms with van der Waals surface area (Å²) in [4.78, 5) is 36.6. The molecule has 2 bridgehead atoms. The fourth-order valence-electron chi connectivity index (χ4n) is 8.10. The molecule has 7 nitrogen and oxygen atoms in total. The van der Waals surface area contributed by atoms with Crippen molar-refractivity contribution in [1.82, 2.24) is 20.2 Å². The number of amides is 2. The van der Waals surface area contributed by atoms with Gasteiger partial charge in [0.2, 0.25) is 5.91 Å². The first kappa shape index (κ1) is 24.7. The summed E-state index contributed by atoms with van der Waals surface area (Å²) < 4.78 is 4.81. The van der Waals surface area contributed by atoms with E-state index in [0.717, 1.165) is 48.0 Å². The van der Waals surface area contributed by atoms with Crippen molar-refractivity contribution in [2.75, 3.05) is 7.11 Å². The standard InChI is InChI=1S/C32H38N4O3/c1-16(2)28(35-32(38)39-4)31(37)36-21-9-6-20(13-21)29(36)30-33-25-12-8-19(15-26(25)34-30)22-10-5-17(3)27-23-11-7-18(23)14-24(22)27/h5,8,10,12,15-16,18,20-21,23,28-29H,6-7,9,11,13-14H2,1-4H3,(H,33,34)(H,35,38)/t18?,20-,21+,23?,28-,29-/m0/s1. The van der Waals surface area contributed by atoms with Gasteiger partial charge in [-0.3, -0.25) is 4.79 Å². The number of methoxy groups -OCH3 is 1. The number of hydrogen-bond acceptors (Lipinski definition) is 4. The van der Waals surface area contributed by atoms with Crippen molar-refractivity contribution in [1.29, 1.82) is 0 Å². The third kappa shape index (κ3) is 3.80. The number of aromatic nitrogens is 2. The molecule has 4 aliphatic rings. The molecule has 2 aromatic carbocycles. The van der Waals surface area contributed by atoms with Gasteiger partial charge in [-0.15, -0.1) is 0 Å². The molecule has 39 heavy (non-hydrogen) atoms. The van der Waals surface area contributed by atoms with E-state index in [2.05, 4.69) is 47.6 Å². The van der Waals surface area contributed by atoms with E-state index in [0.29, 0.717) is 5.92 Å². The number of H-pyrrole nitrogens is 1. The lowest BCUT2D eigenvalue weighted by Gasteiger charge is -2.37. The number of nitrogens with one attached hydrogen (secondary N) is 2. The van der Waals surface area contributed by atoms with Crippen molar-refractivity contribution in [2.45, 2.75) is 83.3 Å². The number of hydrogen-bond donors (Lipinski definition) is 2. The van der Waals surface area contributed by atoms with Gasteiger partial charge >= 0.3 is 6.09 Å². The third-order valence-corrected chi connectivity index (χ3v) is 10.2. The number of rotatable bonds is 5. The second-order valence-corrected chi connectivity index (χ2v) is 12.6. The zero-order valence-corrected chi connectivity index (χ0v) is 23.3. The molecule has 1 aromatic heterocycles. The van der Waals surface area contributed by atoms with Gasteiger partial charge in [-0.1, -0.05) is 32.0 Å². The largest absolute Gasteiger partial charge is 0.453 e. The Kier molecular flexibility index (Phi) is 5.76. The van der Waals surface area contributed by atoms with Gasteiger partial charge in [-0.25, -0.2) is 9.78 Å². The monoisotopic (exact) mass is 526 g/mol. The van der Waals surface area contributed by atoms with Crippen LogP contribution in [-0.2, 0) is 16.0 Å². The molecule has 0 radical (unpaired) electrons. The highest BCUT2D eigenvalue weighted by Crippen LogP contribution is 2.54. The SMILES string of the molecule is COC(=O)N[C@H](C(=O)N1[C@@H]2CC[C@@H](C2)[C@H]1c1nc2ccc(-c3ccc(C)c4c3CC3CCC43)cc2[nH]1)C(C)C. The number of aromatic amines is 1. The molecule has 3 aromatic rings. The molecule has 2 heterocycles. The molecule has 1 aliphatic heterocycles. The minimum absolute atomic E-state index is 0.0430. The van der Waals surface area contributed by atoms with Gasteiger partial charge in [0, 0.05) is 6.04 Å². The average Bonchev–Trinajstić information content (AvgIpc) is 3.68. The summed E-state index contributed by atoms with van der Waals surface area (Å²) >= 11 is 0. The van der Waals surface area contributed by atoms with Crippen molar-refractivity contribution in [3.05, 3.63) is 52.8 Å². The highest BCUT2D eigenvalue weighted by atomic mass is 16.5. The normalized spacial score (nSPS) is 27.4. The molecule has 3 aliphatic carbocycles. The summed E-state index contributed by atoms with van der Waals surface area (Å²) in [5.41, 5.74) is 9.12. The van der Waals surface area contributed by atoms with Crippen LogP contribution in [0.15, 0.2) is 30.3 Å². The fraction of sp³-hybridized carbons (Fsp3) is 0.531. The second-order valence-electron chi connectivity index (χ2n) is 12.6. The van der Waals surface area contributed by atoms with Crippen LogP contribution in [0.4, 0.5) is 4.79 Å². The van der Waals surface area contributed by atoms with Gasteiger partial charge in [0.1, 0.15) is 11.9 Å². The van der Waals surface area contributed by atoms with E-state index in [1.165, 1.54) is 43.1 Å². The predicted molar refractivity (Wildman–Crippen MR) is 150 cm³/mol. The number of likely N-dealkylation sites (tertiary alicyclic amines) is 1. The van der Waals surface area contributed by atoms with Crippen molar-refractivity contribution in [2.24, 2.45) is 17.8 Å². The van der Waals surface area contributed by atoms with Crippen LogP contribution in [0.3, 0.4) is 0 Å². The Morgan fingerprint density at radius 2 is 1.92 bits per heavy atom. The van der Waals surface area contributed by atoms with Crippen LogP contribution in [0.1, 0.15) is 80.4 Å². The van der Waals surface area contributed by atoms with Gasteiger partial charge < -0.3 is 19.9 Å². The molecular weight excluding hydrogens is 488 g/mol. The molecule has 2 saturated carbocycles. The Balaban J connectivity index is 1.23. The van der Waals surface area contributed by atoms with Crippen LogP contribution in [0, 0.1) is 24.7 Å². The number of imidazole rings is 1. The van der Waals surface area contributed by atoms with E-state index >= 15 is 0 Å². The van der Waals surface area contributed by atoms with Gasteiger partial charge in [-0.05, 0) is 109 Å². The number of nitrogens with zero attached hydrogens (tertiary/aromatic N) is 2. The Labute approximate surface area is 229 Å². The summed E-state index contributed by atoms with van der Waals surface area (Å²) in [6.07, 6.45) is 6.39.